The summed E-state index contributed by atoms with van der Waals surface area (Å²) in [5.41, 5.74) is 1.27. The average Bonchev–Trinajstić information content (AvgIpc) is 3.02. The number of carbonyl (C=O) groups is 1. The molecule has 130 valence electrons. The van der Waals surface area contributed by atoms with E-state index in [0.29, 0.717) is 23.0 Å². The van der Waals surface area contributed by atoms with Gasteiger partial charge >= 0.3 is 0 Å². The molecule has 0 radical (unpaired) electrons. The highest BCUT2D eigenvalue weighted by molar-refractivity contribution is 7.99. The lowest BCUT2D eigenvalue weighted by Gasteiger charge is -2.07. The first-order chi connectivity index (χ1) is 12.1. The van der Waals surface area contributed by atoms with Gasteiger partial charge in [0.2, 0.25) is 11.7 Å². The summed E-state index contributed by atoms with van der Waals surface area (Å²) in [7, 11) is 1.59. The van der Waals surface area contributed by atoms with Crippen LogP contribution in [0.5, 0.6) is 5.75 Å². The van der Waals surface area contributed by atoms with Crippen molar-refractivity contribution in [3.05, 3.63) is 46.4 Å². The van der Waals surface area contributed by atoms with Crippen molar-refractivity contribution in [1.29, 1.82) is 0 Å². The quantitative estimate of drug-likeness (QED) is 0.650. The Hall–Kier alpha value is -2.81. The lowest BCUT2D eigenvalue weighted by atomic mass is 10.3. The molecule has 3 rings (SSSR count). The van der Waals surface area contributed by atoms with Crippen LogP contribution in [0.2, 0.25) is 0 Å². The molecule has 0 aliphatic heterocycles. The van der Waals surface area contributed by atoms with E-state index in [1.807, 2.05) is 6.92 Å². The fourth-order valence-electron chi connectivity index (χ4n) is 2.33. The lowest BCUT2D eigenvalue weighted by Crippen LogP contribution is -2.15. The fraction of sp³-hybridized carbons (Fsp3) is 0.250. The lowest BCUT2D eigenvalue weighted by molar-refractivity contribution is -0.113. The zero-order valence-electron chi connectivity index (χ0n) is 13.8. The topological polar surface area (TPSA) is 101 Å². The third kappa shape index (κ3) is 3.82. The second-order valence-corrected chi connectivity index (χ2v) is 6.13. The van der Waals surface area contributed by atoms with Crippen molar-refractivity contribution >= 4 is 29.1 Å². The number of H-pyrrole nitrogens is 1. The minimum absolute atomic E-state index is 0.158. The maximum Gasteiger partial charge on any atom is 0.252 e. The highest BCUT2D eigenvalue weighted by Gasteiger charge is 2.13. The van der Waals surface area contributed by atoms with Gasteiger partial charge in [-0.25, -0.2) is 0 Å². The molecule has 0 saturated carbocycles. The molecule has 0 saturated heterocycles. The summed E-state index contributed by atoms with van der Waals surface area (Å²) in [5, 5.41) is 11.4. The zero-order valence-corrected chi connectivity index (χ0v) is 14.6. The van der Waals surface area contributed by atoms with Gasteiger partial charge in [-0.3, -0.25) is 19.0 Å². The van der Waals surface area contributed by atoms with Crippen LogP contribution in [-0.2, 0) is 11.2 Å². The van der Waals surface area contributed by atoms with Crippen LogP contribution in [0.15, 0.2) is 40.3 Å². The summed E-state index contributed by atoms with van der Waals surface area (Å²) in [5.74, 6) is 1.12. The number of anilines is 1. The molecule has 2 N–H and O–H groups in total. The SMILES string of the molecule is CCc1cc(=O)[nH]c2nnc(SCC(=O)Nc3ccc(OC)cc3)n12. The molecule has 0 aliphatic carbocycles. The van der Waals surface area contributed by atoms with Gasteiger partial charge in [0.1, 0.15) is 5.75 Å². The summed E-state index contributed by atoms with van der Waals surface area (Å²) < 4.78 is 6.84. The summed E-state index contributed by atoms with van der Waals surface area (Å²) in [4.78, 5) is 26.3. The molecule has 8 nitrogen and oxygen atoms in total. The van der Waals surface area contributed by atoms with Crippen LogP contribution in [-0.4, -0.2) is 38.4 Å². The first kappa shape index (κ1) is 17.0. The number of amides is 1. The number of aromatic nitrogens is 4. The number of carbonyl (C=O) groups excluding carboxylic acids is 1. The van der Waals surface area contributed by atoms with E-state index >= 15 is 0 Å². The van der Waals surface area contributed by atoms with Crippen LogP contribution >= 0.6 is 11.8 Å². The number of fused-ring (bicyclic) bond motifs is 1. The molecule has 3 aromatic rings. The van der Waals surface area contributed by atoms with Crippen LogP contribution in [0, 0.1) is 0 Å². The van der Waals surface area contributed by atoms with Gasteiger partial charge in [-0.15, -0.1) is 10.2 Å². The van der Waals surface area contributed by atoms with Crippen LogP contribution in [0.25, 0.3) is 5.78 Å². The summed E-state index contributed by atoms with van der Waals surface area (Å²) >= 11 is 1.26. The zero-order chi connectivity index (χ0) is 17.8. The van der Waals surface area contributed by atoms with Gasteiger partial charge in [-0.05, 0) is 30.7 Å². The smallest absolute Gasteiger partial charge is 0.252 e. The number of aryl methyl sites for hydroxylation is 1. The van der Waals surface area contributed by atoms with Crippen molar-refractivity contribution in [2.45, 2.75) is 18.5 Å². The molecule has 1 amide bonds. The Balaban J connectivity index is 1.69. The van der Waals surface area contributed by atoms with E-state index in [9.17, 15) is 9.59 Å². The van der Waals surface area contributed by atoms with Crippen LogP contribution < -0.4 is 15.6 Å². The highest BCUT2D eigenvalue weighted by Crippen LogP contribution is 2.19. The molecule has 0 spiro atoms. The van der Waals surface area contributed by atoms with Crippen molar-refractivity contribution < 1.29 is 9.53 Å². The maximum atomic E-state index is 12.1. The predicted molar refractivity (Wildman–Crippen MR) is 95.3 cm³/mol. The van der Waals surface area contributed by atoms with Gasteiger partial charge in [0, 0.05) is 17.4 Å². The summed E-state index contributed by atoms with van der Waals surface area (Å²) in [6.45, 7) is 1.94. The number of ether oxygens (including phenoxy) is 1. The third-order valence-corrected chi connectivity index (χ3v) is 4.45. The molecular formula is C16H17N5O3S. The van der Waals surface area contributed by atoms with E-state index < -0.39 is 0 Å². The van der Waals surface area contributed by atoms with E-state index in [4.69, 9.17) is 4.74 Å². The Morgan fingerprint density at radius 2 is 2.08 bits per heavy atom. The second kappa shape index (κ2) is 7.39. The van der Waals surface area contributed by atoms with Crippen LogP contribution in [0.3, 0.4) is 0 Å². The molecular weight excluding hydrogens is 342 g/mol. The molecule has 2 heterocycles. The van der Waals surface area contributed by atoms with E-state index in [0.717, 1.165) is 11.4 Å². The predicted octanol–water partition coefficient (Wildman–Crippen LogP) is 1.72. The number of thioether (sulfide) groups is 1. The largest absolute Gasteiger partial charge is 0.497 e. The minimum atomic E-state index is -0.217. The number of nitrogens with one attached hydrogen (secondary N) is 2. The minimum Gasteiger partial charge on any atom is -0.497 e. The van der Waals surface area contributed by atoms with E-state index in [-0.39, 0.29) is 17.2 Å². The number of nitrogens with zero attached hydrogens (tertiary/aromatic N) is 3. The number of hydrogen-bond acceptors (Lipinski definition) is 6. The Morgan fingerprint density at radius 3 is 2.76 bits per heavy atom. The van der Waals surface area contributed by atoms with Gasteiger partial charge in [0.25, 0.3) is 5.56 Å². The standard InChI is InChI=1S/C16H17N5O3S/c1-3-11-8-13(22)18-15-19-20-16(21(11)15)25-9-14(23)17-10-4-6-12(24-2)7-5-10/h4-8H,3,9H2,1-2H3,(H,17,23)(H,18,19,22). The van der Waals surface area contributed by atoms with Crippen molar-refractivity contribution in [2.75, 3.05) is 18.2 Å². The molecule has 0 atom stereocenters. The Labute approximate surface area is 147 Å². The number of rotatable bonds is 6. The molecule has 2 aromatic heterocycles. The molecule has 0 aliphatic rings. The van der Waals surface area contributed by atoms with Crippen LogP contribution in [0.4, 0.5) is 5.69 Å². The first-order valence-corrected chi connectivity index (χ1v) is 8.63. The monoisotopic (exact) mass is 359 g/mol. The Bertz CT molecular complexity index is 949. The summed E-state index contributed by atoms with van der Waals surface area (Å²) in [6, 6.07) is 8.61. The van der Waals surface area contributed by atoms with E-state index in [1.54, 1.807) is 35.8 Å². The highest BCUT2D eigenvalue weighted by atomic mass is 32.2. The van der Waals surface area contributed by atoms with Crippen LogP contribution in [0.1, 0.15) is 12.6 Å². The third-order valence-electron chi connectivity index (χ3n) is 3.52. The molecule has 1 aromatic carbocycles. The Morgan fingerprint density at radius 1 is 1.32 bits per heavy atom. The van der Waals surface area contributed by atoms with E-state index in [1.165, 1.54) is 17.8 Å². The first-order valence-electron chi connectivity index (χ1n) is 7.64. The average molecular weight is 359 g/mol. The van der Waals surface area contributed by atoms with E-state index in [2.05, 4.69) is 20.5 Å². The number of hydrogen-bond donors (Lipinski definition) is 2. The van der Waals surface area contributed by atoms with Gasteiger partial charge in [0.15, 0.2) is 5.16 Å². The second-order valence-electron chi connectivity index (χ2n) is 5.19. The molecule has 0 fully saturated rings. The number of benzene rings is 1. The summed E-state index contributed by atoms with van der Waals surface area (Å²) in [6.07, 6.45) is 0.657. The number of aromatic amines is 1. The molecule has 0 bridgehead atoms. The van der Waals surface area contributed by atoms with Gasteiger partial charge in [-0.2, -0.15) is 0 Å². The van der Waals surface area contributed by atoms with Crippen molar-refractivity contribution in [3.63, 3.8) is 0 Å². The molecule has 9 heteroatoms. The number of methoxy groups -OCH3 is 1. The molecule has 0 unspecified atom stereocenters. The van der Waals surface area contributed by atoms with Gasteiger partial charge < -0.3 is 10.1 Å². The van der Waals surface area contributed by atoms with Crippen molar-refractivity contribution in [3.8, 4) is 5.75 Å². The van der Waals surface area contributed by atoms with Gasteiger partial charge in [0.05, 0.1) is 12.9 Å². The molecule has 25 heavy (non-hydrogen) atoms. The van der Waals surface area contributed by atoms with Crippen molar-refractivity contribution in [2.24, 2.45) is 0 Å². The van der Waals surface area contributed by atoms with Gasteiger partial charge in [-0.1, -0.05) is 18.7 Å². The fourth-order valence-corrected chi connectivity index (χ4v) is 3.09. The normalized spacial score (nSPS) is 10.8. The maximum absolute atomic E-state index is 12.1. The Kier molecular flexibility index (Phi) is 5.03. The van der Waals surface area contributed by atoms with Crippen molar-refractivity contribution in [1.82, 2.24) is 19.6 Å².